The Balaban J connectivity index is 1.77. The molecule has 0 aromatic carbocycles. The van der Waals surface area contributed by atoms with Gasteiger partial charge in [0.05, 0.1) is 24.0 Å². The second-order valence-electron chi connectivity index (χ2n) is 6.15. The number of nitrogens with zero attached hydrogens (tertiary/aromatic N) is 2. The minimum Gasteiger partial charge on any atom is -0.480 e. The zero-order chi connectivity index (χ0) is 16.2. The lowest BCUT2D eigenvalue weighted by molar-refractivity contribution is -0.153. The quantitative estimate of drug-likeness (QED) is 0.674. The van der Waals surface area contributed by atoms with Crippen molar-refractivity contribution >= 4 is 23.7 Å². The summed E-state index contributed by atoms with van der Waals surface area (Å²) in [6, 6.07) is -0.991. The van der Waals surface area contributed by atoms with Crippen LogP contribution in [0.5, 0.6) is 0 Å². The predicted molar refractivity (Wildman–Crippen MR) is 71.5 cm³/mol. The first-order valence-corrected chi connectivity index (χ1v) is 7.32. The standard InChI is InChI=1S/C14H18N2O6/c1-6(12(19)15(2)5-9(17)18)16-13(20)10-7-3-4-8(22-7)11(10)14(16)21/h6-8,10-11H,3-5H2,1-2H3,(H,17,18). The molecule has 3 aliphatic rings. The van der Waals surface area contributed by atoms with Gasteiger partial charge in [0.2, 0.25) is 17.7 Å². The lowest BCUT2D eigenvalue weighted by Crippen LogP contribution is -2.50. The van der Waals surface area contributed by atoms with Crippen molar-refractivity contribution in [2.24, 2.45) is 11.8 Å². The molecule has 22 heavy (non-hydrogen) atoms. The molecule has 3 heterocycles. The summed E-state index contributed by atoms with van der Waals surface area (Å²) in [4.78, 5) is 50.0. The highest BCUT2D eigenvalue weighted by molar-refractivity contribution is 6.09. The van der Waals surface area contributed by atoms with E-state index < -0.39 is 36.3 Å². The van der Waals surface area contributed by atoms with Crippen molar-refractivity contribution in [3.63, 3.8) is 0 Å². The van der Waals surface area contributed by atoms with Gasteiger partial charge in [-0.3, -0.25) is 24.1 Å². The van der Waals surface area contributed by atoms with Gasteiger partial charge in [-0.25, -0.2) is 0 Å². The van der Waals surface area contributed by atoms with Crippen LogP contribution in [0.4, 0.5) is 0 Å². The van der Waals surface area contributed by atoms with Crippen LogP contribution in [0.3, 0.4) is 0 Å². The molecule has 120 valence electrons. The zero-order valence-electron chi connectivity index (χ0n) is 12.4. The van der Waals surface area contributed by atoms with E-state index in [9.17, 15) is 19.2 Å². The van der Waals surface area contributed by atoms with Crippen molar-refractivity contribution in [1.82, 2.24) is 9.80 Å². The number of carbonyl (C=O) groups excluding carboxylic acids is 3. The number of amides is 3. The maximum absolute atomic E-state index is 12.5. The summed E-state index contributed by atoms with van der Waals surface area (Å²) in [6.07, 6.45) is 1.07. The van der Waals surface area contributed by atoms with Crippen LogP contribution >= 0.6 is 0 Å². The number of ether oxygens (including phenoxy) is 1. The van der Waals surface area contributed by atoms with Gasteiger partial charge in [-0.15, -0.1) is 0 Å². The third-order valence-corrected chi connectivity index (χ3v) is 4.81. The average Bonchev–Trinajstić information content (AvgIpc) is 3.11. The summed E-state index contributed by atoms with van der Waals surface area (Å²) < 4.78 is 5.63. The van der Waals surface area contributed by atoms with Crippen LogP contribution < -0.4 is 0 Å². The number of hydrogen-bond donors (Lipinski definition) is 1. The first-order valence-electron chi connectivity index (χ1n) is 7.32. The van der Waals surface area contributed by atoms with Crippen LogP contribution in [0.1, 0.15) is 19.8 Å². The first-order chi connectivity index (χ1) is 10.3. The molecule has 0 aromatic rings. The smallest absolute Gasteiger partial charge is 0.323 e. The molecule has 0 radical (unpaired) electrons. The van der Waals surface area contributed by atoms with Gasteiger partial charge in [-0.05, 0) is 19.8 Å². The van der Waals surface area contributed by atoms with E-state index in [2.05, 4.69) is 0 Å². The average molecular weight is 310 g/mol. The largest absolute Gasteiger partial charge is 0.480 e. The molecule has 5 unspecified atom stereocenters. The van der Waals surface area contributed by atoms with Crippen molar-refractivity contribution in [2.75, 3.05) is 13.6 Å². The van der Waals surface area contributed by atoms with Gasteiger partial charge in [-0.2, -0.15) is 0 Å². The summed E-state index contributed by atoms with van der Waals surface area (Å²) in [5.41, 5.74) is 0. The van der Waals surface area contributed by atoms with Crippen LogP contribution in [-0.4, -0.2) is 70.4 Å². The molecule has 0 aromatic heterocycles. The highest BCUT2D eigenvalue weighted by Gasteiger charge is 2.63. The van der Waals surface area contributed by atoms with Crippen LogP contribution in [0, 0.1) is 11.8 Å². The zero-order valence-corrected chi connectivity index (χ0v) is 12.4. The molecule has 0 spiro atoms. The fraction of sp³-hybridized carbons (Fsp3) is 0.714. The Morgan fingerprint density at radius 2 is 1.77 bits per heavy atom. The van der Waals surface area contributed by atoms with Gasteiger partial charge in [0.25, 0.3) is 0 Å². The fourth-order valence-corrected chi connectivity index (χ4v) is 3.83. The Labute approximate surface area is 127 Å². The van der Waals surface area contributed by atoms with E-state index in [1.165, 1.54) is 14.0 Å². The van der Waals surface area contributed by atoms with Crippen LogP contribution in [0.15, 0.2) is 0 Å². The second kappa shape index (κ2) is 5.05. The molecular weight excluding hydrogens is 292 g/mol. The van der Waals surface area contributed by atoms with E-state index in [4.69, 9.17) is 9.84 Å². The van der Waals surface area contributed by atoms with Gasteiger partial charge in [0.15, 0.2) is 0 Å². The Morgan fingerprint density at radius 1 is 1.27 bits per heavy atom. The predicted octanol–water partition coefficient (Wildman–Crippen LogP) is -0.920. The Hall–Kier alpha value is -1.96. The van der Waals surface area contributed by atoms with Crippen molar-refractivity contribution in [1.29, 1.82) is 0 Å². The van der Waals surface area contributed by atoms with E-state index in [1.54, 1.807) is 0 Å². The number of likely N-dealkylation sites (tertiary alicyclic amines) is 1. The molecular formula is C14H18N2O6. The number of carbonyl (C=O) groups is 4. The summed E-state index contributed by atoms with van der Waals surface area (Å²) in [5, 5.41) is 8.73. The molecule has 8 heteroatoms. The second-order valence-corrected chi connectivity index (χ2v) is 6.15. The van der Waals surface area contributed by atoms with Crippen molar-refractivity contribution in [3.05, 3.63) is 0 Å². The number of aliphatic carboxylic acids is 1. The van der Waals surface area contributed by atoms with Gasteiger partial charge < -0.3 is 14.7 Å². The topological polar surface area (TPSA) is 104 Å². The number of fused-ring (bicyclic) bond motifs is 5. The van der Waals surface area contributed by atoms with E-state index in [1.807, 2.05) is 0 Å². The number of carboxylic acids is 1. The van der Waals surface area contributed by atoms with Gasteiger partial charge >= 0.3 is 5.97 Å². The number of imide groups is 1. The molecule has 2 bridgehead atoms. The third-order valence-electron chi connectivity index (χ3n) is 4.81. The van der Waals surface area contributed by atoms with Gasteiger partial charge in [0.1, 0.15) is 12.6 Å². The summed E-state index contributed by atoms with van der Waals surface area (Å²) >= 11 is 0. The maximum atomic E-state index is 12.5. The maximum Gasteiger partial charge on any atom is 0.323 e. The lowest BCUT2D eigenvalue weighted by Gasteiger charge is -2.27. The molecule has 0 aliphatic carbocycles. The molecule has 3 rings (SSSR count). The molecule has 3 saturated heterocycles. The Morgan fingerprint density at radius 3 is 2.23 bits per heavy atom. The van der Waals surface area contributed by atoms with Crippen LogP contribution in [0.25, 0.3) is 0 Å². The Kier molecular flexibility index (Phi) is 3.43. The molecule has 3 amide bonds. The highest BCUT2D eigenvalue weighted by atomic mass is 16.5. The summed E-state index contributed by atoms with van der Waals surface area (Å²) in [7, 11) is 1.34. The Bertz CT molecular complexity index is 534. The normalized spacial score (nSPS) is 34.0. The van der Waals surface area contributed by atoms with Crippen molar-refractivity contribution < 1.29 is 29.0 Å². The van der Waals surface area contributed by atoms with Gasteiger partial charge in [-0.1, -0.05) is 0 Å². The number of hydrogen-bond acceptors (Lipinski definition) is 5. The lowest BCUT2D eigenvalue weighted by atomic mass is 9.81. The van der Waals surface area contributed by atoms with Crippen molar-refractivity contribution in [3.8, 4) is 0 Å². The first kappa shape index (κ1) is 15.0. The molecule has 1 N–H and O–H groups in total. The van der Waals surface area contributed by atoms with Crippen molar-refractivity contribution in [2.45, 2.75) is 38.0 Å². The van der Waals surface area contributed by atoms with Crippen LogP contribution in [0.2, 0.25) is 0 Å². The van der Waals surface area contributed by atoms with E-state index in [-0.39, 0.29) is 24.0 Å². The minimum absolute atomic E-state index is 0.226. The van der Waals surface area contributed by atoms with E-state index >= 15 is 0 Å². The minimum atomic E-state index is -1.15. The number of rotatable bonds is 4. The highest BCUT2D eigenvalue weighted by Crippen LogP contribution is 2.48. The molecule has 3 aliphatic heterocycles. The molecule has 8 nitrogen and oxygen atoms in total. The third kappa shape index (κ3) is 2.01. The van der Waals surface area contributed by atoms with Gasteiger partial charge in [0, 0.05) is 7.05 Å². The van der Waals surface area contributed by atoms with E-state index in [0.717, 1.165) is 22.6 Å². The summed E-state index contributed by atoms with van der Waals surface area (Å²) in [5.74, 6) is -3.40. The van der Waals surface area contributed by atoms with Crippen LogP contribution in [-0.2, 0) is 23.9 Å². The number of carboxylic acid groups (broad SMARTS) is 1. The summed E-state index contributed by atoms with van der Waals surface area (Å²) in [6.45, 7) is 0.987. The molecule has 0 saturated carbocycles. The molecule has 3 fully saturated rings. The number of likely N-dealkylation sites (N-methyl/N-ethyl adjacent to an activating group) is 1. The monoisotopic (exact) mass is 310 g/mol. The molecule has 5 atom stereocenters. The fourth-order valence-electron chi connectivity index (χ4n) is 3.83. The SMILES string of the molecule is CC(C(=O)N(C)CC(=O)O)N1C(=O)C2C3CCC(O3)C2C1=O. The van der Waals surface area contributed by atoms with E-state index in [0.29, 0.717) is 0 Å².